The summed E-state index contributed by atoms with van der Waals surface area (Å²) in [5.41, 5.74) is 4.45. The SMILES string of the molecule is O=C1OC(=O)c2c3c(cc(NCc4ccccc4)c21)CCC=C3. The number of allylic oxidation sites excluding steroid dienone is 1. The molecule has 0 unspecified atom stereocenters. The maximum absolute atomic E-state index is 12.1. The van der Waals surface area contributed by atoms with Crippen molar-refractivity contribution >= 4 is 23.7 Å². The minimum atomic E-state index is -0.567. The Morgan fingerprint density at radius 3 is 2.65 bits per heavy atom. The summed E-state index contributed by atoms with van der Waals surface area (Å²) >= 11 is 0. The second kappa shape index (κ2) is 5.39. The molecular weight excluding hydrogens is 290 g/mol. The standard InChI is InChI=1S/C19H15NO3/c21-18-16-14-9-5-4-8-13(14)10-15(17(16)19(22)23-18)20-11-12-6-2-1-3-7-12/h1-3,5-7,9-10,20H,4,8,11H2. The number of ether oxygens (including phenoxy) is 1. The lowest BCUT2D eigenvalue weighted by Crippen LogP contribution is -2.09. The molecule has 0 amide bonds. The smallest absolute Gasteiger partial charge is 0.349 e. The zero-order valence-electron chi connectivity index (χ0n) is 12.5. The third-order valence-corrected chi connectivity index (χ3v) is 4.24. The van der Waals surface area contributed by atoms with Crippen LogP contribution < -0.4 is 5.32 Å². The summed E-state index contributed by atoms with van der Waals surface area (Å²) in [6.07, 6.45) is 5.74. The molecule has 2 aromatic rings. The Kier molecular flexibility index (Phi) is 3.23. The van der Waals surface area contributed by atoms with Crippen LogP contribution in [0.3, 0.4) is 0 Å². The van der Waals surface area contributed by atoms with E-state index in [0.29, 0.717) is 23.4 Å². The van der Waals surface area contributed by atoms with Crippen molar-refractivity contribution in [2.45, 2.75) is 19.4 Å². The van der Waals surface area contributed by atoms with Crippen molar-refractivity contribution < 1.29 is 14.3 Å². The fraction of sp³-hybridized carbons (Fsp3) is 0.158. The van der Waals surface area contributed by atoms with Gasteiger partial charge < -0.3 is 10.1 Å². The molecule has 0 radical (unpaired) electrons. The molecule has 0 fully saturated rings. The van der Waals surface area contributed by atoms with E-state index in [4.69, 9.17) is 4.74 Å². The molecule has 1 N–H and O–H groups in total. The molecule has 4 rings (SSSR count). The fourth-order valence-corrected chi connectivity index (χ4v) is 3.13. The van der Waals surface area contributed by atoms with E-state index in [2.05, 4.69) is 5.32 Å². The lowest BCUT2D eigenvalue weighted by molar-refractivity contribution is 0.0444. The molecule has 4 heteroatoms. The zero-order valence-corrected chi connectivity index (χ0v) is 12.5. The fourth-order valence-electron chi connectivity index (χ4n) is 3.13. The Morgan fingerprint density at radius 1 is 1.04 bits per heavy atom. The van der Waals surface area contributed by atoms with Crippen LogP contribution in [0.15, 0.2) is 42.5 Å². The van der Waals surface area contributed by atoms with Crippen molar-refractivity contribution in [3.05, 3.63) is 70.3 Å². The highest BCUT2D eigenvalue weighted by atomic mass is 16.6. The number of esters is 2. The number of hydrogen-bond donors (Lipinski definition) is 1. The molecule has 4 nitrogen and oxygen atoms in total. The Hall–Kier alpha value is -2.88. The first-order valence-electron chi connectivity index (χ1n) is 7.65. The van der Waals surface area contributed by atoms with Gasteiger partial charge in [0.25, 0.3) is 0 Å². The summed E-state index contributed by atoms with van der Waals surface area (Å²) in [6.45, 7) is 0.587. The van der Waals surface area contributed by atoms with Gasteiger partial charge in [0, 0.05) is 6.54 Å². The maximum atomic E-state index is 12.1. The number of fused-ring (bicyclic) bond motifs is 3. The van der Waals surface area contributed by atoms with Gasteiger partial charge in [-0.25, -0.2) is 9.59 Å². The van der Waals surface area contributed by atoms with E-state index in [0.717, 1.165) is 29.5 Å². The quantitative estimate of drug-likeness (QED) is 0.696. The summed E-state index contributed by atoms with van der Waals surface area (Å²) in [6, 6.07) is 11.9. The topological polar surface area (TPSA) is 55.4 Å². The van der Waals surface area contributed by atoms with Gasteiger partial charge in [-0.15, -0.1) is 0 Å². The van der Waals surface area contributed by atoms with Gasteiger partial charge in [0.2, 0.25) is 0 Å². The number of cyclic esters (lactones) is 2. The van der Waals surface area contributed by atoms with Crippen LogP contribution in [0.25, 0.3) is 6.08 Å². The summed E-state index contributed by atoms with van der Waals surface area (Å²) in [7, 11) is 0. The number of nitrogens with one attached hydrogen (secondary N) is 1. The number of rotatable bonds is 3. The van der Waals surface area contributed by atoms with Gasteiger partial charge in [-0.3, -0.25) is 0 Å². The van der Waals surface area contributed by atoms with E-state index in [1.807, 2.05) is 48.6 Å². The summed E-state index contributed by atoms with van der Waals surface area (Å²) < 4.78 is 4.84. The van der Waals surface area contributed by atoms with Crippen LogP contribution in [0.2, 0.25) is 0 Å². The van der Waals surface area contributed by atoms with Crippen molar-refractivity contribution in [3.63, 3.8) is 0 Å². The van der Waals surface area contributed by atoms with Gasteiger partial charge >= 0.3 is 11.9 Å². The van der Waals surface area contributed by atoms with E-state index in [1.165, 1.54) is 0 Å². The Bertz CT molecular complexity index is 837. The average molecular weight is 305 g/mol. The molecule has 0 atom stereocenters. The predicted molar refractivity (Wildman–Crippen MR) is 87.3 cm³/mol. The highest BCUT2D eigenvalue weighted by Gasteiger charge is 2.36. The molecule has 0 saturated heterocycles. The molecule has 23 heavy (non-hydrogen) atoms. The maximum Gasteiger partial charge on any atom is 0.349 e. The summed E-state index contributed by atoms with van der Waals surface area (Å²) in [4.78, 5) is 24.2. The lowest BCUT2D eigenvalue weighted by Gasteiger charge is -2.17. The average Bonchev–Trinajstić information content (AvgIpc) is 2.89. The van der Waals surface area contributed by atoms with Crippen molar-refractivity contribution in [1.29, 1.82) is 0 Å². The molecule has 114 valence electrons. The normalized spacial score (nSPS) is 15.1. The first-order chi connectivity index (χ1) is 11.2. The molecule has 0 spiro atoms. The molecule has 1 aliphatic heterocycles. The van der Waals surface area contributed by atoms with Gasteiger partial charge in [0.05, 0.1) is 16.8 Å². The molecule has 1 aliphatic carbocycles. The summed E-state index contributed by atoms with van der Waals surface area (Å²) in [5.74, 6) is -1.11. The van der Waals surface area contributed by atoms with Crippen LogP contribution in [0.4, 0.5) is 5.69 Å². The van der Waals surface area contributed by atoms with E-state index < -0.39 is 11.9 Å². The summed E-state index contributed by atoms with van der Waals surface area (Å²) in [5, 5.41) is 3.29. The van der Waals surface area contributed by atoms with E-state index in [9.17, 15) is 9.59 Å². The molecule has 0 bridgehead atoms. The third-order valence-electron chi connectivity index (χ3n) is 4.24. The van der Waals surface area contributed by atoms with Crippen LogP contribution in [0, 0.1) is 0 Å². The number of benzene rings is 2. The number of carbonyl (C=O) groups is 2. The van der Waals surface area contributed by atoms with Crippen LogP contribution in [-0.4, -0.2) is 11.9 Å². The van der Waals surface area contributed by atoms with Crippen molar-refractivity contribution in [2.75, 3.05) is 5.32 Å². The first kappa shape index (κ1) is 13.8. The predicted octanol–water partition coefficient (Wildman–Crippen LogP) is 3.57. The molecular formula is C19H15NO3. The van der Waals surface area contributed by atoms with Crippen molar-refractivity contribution in [2.24, 2.45) is 0 Å². The van der Waals surface area contributed by atoms with E-state index in [1.54, 1.807) is 0 Å². The number of aryl methyl sites for hydroxylation is 1. The molecule has 1 heterocycles. The Labute approximate surface area is 133 Å². The molecule has 2 aliphatic rings. The Morgan fingerprint density at radius 2 is 1.83 bits per heavy atom. The van der Waals surface area contributed by atoms with Gasteiger partial charge in [-0.05, 0) is 35.6 Å². The largest absolute Gasteiger partial charge is 0.386 e. The van der Waals surface area contributed by atoms with Crippen LogP contribution in [0.1, 0.15) is 43.8 Å². The number of anilines is 1. The van der Waals surface area contributed by atoms with Gasteiger partial charge in [-0.1, -0.05) is 42.5 Å². The Balaban J connectivity index is 1.77. The monoisotopic (exact) mass is 305 g/mol. The van der Waals surface area contributed by atoms with Gasteiger partial charge in [0.1, 0.15) is 0 Å². The second-order valence-corrected chi connectivity index (χ2v) is 5.70. The lowest BCUT2D eigenvalue weighted by atomic mass is 9.89. The number of hydrogen-bond acceptors (Lipinski definition) is 4. The first-order valence-corrected chi connectivity index (χ1v) is 7.65. The highest BCUT2D eigenvalue weighted by molar-refractivity contribution is 6.19. The highest BCUT2D eigenvalue weighted by Crippen LogP contribution is 2.36. The molecule has 0 aromatic heterocycles. The van der Waals surface area contributed by atoms with E-state index in [-0.39, 0.29) is 0 Å². The third kappa shape index (κ3) is 2.32. The van der Waals surface area contributed by atoms with Gasteiger partial charge in [-0.2, -0.15) is 0 Å². The number of carbonyl (C=O) groups excluding carboxylic acids is 2. The van der Waals surface area contributed by atoms with Gasteiger partial charge in [0.15, 0.2) is 0 Å². The molecule has 0 saturated carbocycles. The zero-order chi connectivity index (χ0) is 15.8. The second-order valence-electron chi connectivity index (χ2n) is 5.70. The van der Waals surface area contributed by atoms with Crippen molar-refractivity contribution in [1.82, 2.24) is 0 Å². The van der Waals surface area contributed by atoms with Crippen LogP contribution in [-0.2, 0) is 17.7 Å². The van der Waals surface area contributed by atoms with Crippen molar-refractivity contribution in [3.8, 4) is 0 Å². The minimum absolute atomic E-state index is 0.358. The minimum Gasteiger partial charge on any atom is -0.386 e. The van der Waals surface area contributed by atoms with Crippen LogP contribution >= 0.6 is 0 Å². The molecule has 2 aromatic carbocycles. The van der Waals surface area contributed by atoms with E-state index >= 15 is 0 Å². The van der Waals surface area contributed by atoms with Crippen LogP contribution in [0.5, 0.6) is 0 Å².